The summed E-state index contributed by atoms with van der Waals surface area (Å²) in [5.74, 6) is 1.73. The Bertz CT molecular complexity index is 357. The first-order chi connectivity index (χ1) is 9.11. The molecule has 0 fully saturated rings. The van der Waals surface area contributed by atoms with Gasteiger partial charge in [-0.1, -0.05) is 19.9 Å². The van der Waals surface area contributed by atoms with Crippen LogP contribution in [0.2, 0.25) is 0 Å². The van der Waals surface area contributed by atoms with Crippen molar-refractivity contribution in [3.05, 3.63) is 36.3 Å². The van der Waals surface area contributed by atoms with Crippen LogP contribution in [0.4, 0.5) is 0 Å². The van der Waals surface area contributed by atoms with Crippen LogP contribution in [-0.4, -0.2) is 25.0 Å². The molecule has 0 radical (unpaired) electrons. The molecule has 3 heteroatoms. The summed E-state index contributed by atoms with van der Waals surface area (Å²) < 4.78 is 5.60. The normalized spacial score (nSPS) is 11.4. The van der Waals surface area contributed by atoms with E-state index in [4.69, 9.17) is 4.42 Å². The van der Waals surface area contributed by atoms with Gasteiger partial charge in [-0.3, -0.25) is 4.90 Å². The second-order valence-corrected chi connectivity index (χ2v) is 5.61. The quantitative estimate of drug-likeness (QED) is 0.518. The lowest BCUT2D eigenvalue weighted by molar-refractivity contribution is 0.292. The highest BCUT2D eigenvalue weighted by atomic mass is 16.3. The third-order valence-corrected chi connectivity index (χ3v) is 2.96. The summed E-state index contributed by atoms with van der Waals surface area (Å²) in [5, 5.41) is 3.42. The van der Waals surface area contributed by atoms with Gasteiger partial charge in [0.15, 0.2) is 0 Å². The van der Waals surface area contributed by atoms with Gasteiger partial charge in [-0.2, -0.15) is 0 Å². The molecule has 108 valence electrons. The number of rotatable bonds is 10. The maximum absolute atomic E-state index is 5.60. The summed E-state index contributed by atoms with van der Waals surface area (Å²) in [4.78, 5) is 2.29. The average molecular weight is 264 g/mol. The van der Waals surface area contributed by atoms with E-state index < -0.39 is 0 Å². The Kier molecular flexibility index (Phi) is 7.53. The van der Waals surface area contributed by atoms with Gasteiger partial charge in [-0.15, -0.1) is 6.58 Å². The Morgan fingerprint density at radius 1 is 1.47 bits per heavy atom. The van der Waals surface area contributed by atoms with E-state index >= 15 is 0 Å². The smallest absolute Gasteiger partial charge is 0.118 e. The second kappa shape index (κ2) is 8.94. The molecule has 0 atom stereocenters. The predicted octanol–water partition coefficient (Wildman–Crippen LogP) is 3.42. The van der Waals surface area contributed by atoms with Crippen LogP contribution in [0.1, 0.15) is 38.0 Å². The van der Waals surface area contributed by atoms with Crippen molar-refractivity contribution in [2.24, 2.45) is 5.92 Å². The van der Waals surface area contributed by atoms with Gasteiger partial charge >= 0.3 is 0 Å². The molecule has 1 aromatic rings. The van der Waals surface area contributed by atoms with Gasteiger partial charge in [0.25, 0.3) is 0 Å². The summed E-state index contributed by atoms with van der Waals surface area (Å²) in [6, 6.07) is 2.15. The number of furan rings is 1. The zero-order valence-electron chi connectivity index (χ0n) is 12.6. The minimum absolute atomic E-state index is 0.683. The van der Waals surface area contributed by atoms with E-state index in [-0.39, 0.29) is 0 Å². The van der Waals surface area contributed by atoms with E-state index in [0.29, 0.717) is 5.92 Å². The van der Waals surface area contributed by atoms with Crippen LogP contribution in [0.5, 0.6) is 0 Å². The number of hydrogen-bond acceptors (Lipinski definition) is 3. The van der Waals surface area contributed by atoms with Gasteiger partial charge in [0, 0.05) is 12.1 Å². The number of hydrogen-bond donors (Lipinski definition) is 1. The Labute approximate surface area is 117 Å². The van der Waals surface area contributed by atoms with Gasteiger partial charge in [0.2, 0.25) is 0 Å². The Hall–Kier alpha value is -1.06. The number of nitrogens with zero attached hydrogens (tertiary/aromatic N) is 1. The molecule has 3 nitrogen and oxygen atoms in total. The molecular weight excluding hydrogens is 236 g/mol. The lowest BCUT2D eigenvalue weighted by Crippen LogP contribution is -2.19. The van der Waals surface area contributed by atoms with Crippen LogP contribution < -0.4 is 5.32 Å². The first kappa shape index (κ1) is 16.0. The molecule has 0 aromatic carbocycles. The van der Waals surface area contributed by atoms with Crippen molar-refractivity contribution < 1.29 is 4.42 Å². The van der Waals surface area contributed by atoms with E-state index in [2.05, 4.69) is 43.8 Å². The van der Waals surface area contributed by atoms with Crippen LogP contribution >= 0.6 is 0 Å². The lowest BCUT2D eigenvalue weighted by Gasteiger charge is -2.13. The van der Waals surface area contributed by atoms with Gasteiger partial charge in [-0.05, 0) is 45.0 Å². The van der Waals surface area contributed by atoms with E-state index in [1.807, 2.05) is 12.3 Å². The molecule has 0 saturated carbocycles. The monoisotopic (exact) mass is 264 g/mol. The molecule has 0 saturated heterocycles. The molecule has 1 N–H and O–H groups in total. The molecule has 1 rings (SSSR count). The number of nitrogens with one attached hydrogen (secondary N) is 1. The van der Waals surface area contributed by atoms with Crippen molar-refractivity contribution in [2.75, 3.05) is 20.1 Å². The summed E-state index contributed by atoms with van der Waals surface area (Å²) in [5.41, 5.74) is 1.23. The van der Waals surface area contributed by atoms with Crippen LogP contribution in [0.25, 0.3) is 0 Å². The topological polar surface area (TPSA) is 28.4 Å². The van der Waals surface area contributed by atoms with Crippen molar-refractivity contribution in [3.63, 3.8) is 0 Å². The van der Waals surface area contributed by atoms with Crippen molar-refractivity contribution in [2.45, 2.75) is 39.8 Å². The number of unbranched alkanes of at least 4 members (excludes halogenated alkanes) is 1. The maximum atomic E-state index is 5.60. The molecule has 0 spiro atoms. The summed E-state index contributed by atoms with van der Waals surface area (Å²) in [7, 11) is 2.13. The molecule has 0 amide bonds. The molecule has 0 bridgehead atoms. The molecule has 1 aromatic heterocycles. The molecule has 1 heterocycles. The highest BCUT2D eigenvalue weighted by molar-refractivity contribution is 5.12. The van der Waals surface area contributed by atoms with Crippen LogP contribution in [0, 0.1) is 5.92 Å². The van der Waals surface area contributed by atoms with E-state index in [1.165, 1.54) is 5.56 Å². The zero-order chi connectivity index (χ0) is 14.1. The van der Waals surface area contributed by atoms with E-state index in [9.17, 15) is 0 Å². The highest BCUT2D eigenvalue weighted by Gasteiger charge is 2.05. The van der Waals surface area contributed by atoms with E-state index in [0.717, 1.165) is 44.8 Å². The fourth-order valence-corrected chi connectivity index (χ4v) is 1.96. The van der Waals surface area contributed by atoms with Crippen LogP contribution in [0.15, 0.2) is 29.4 Å². The van der Waals surface area contributed by atoms with Gasteiger partial charge in [0.05, 0.1) is 12.8 Å². The van der Waals surface area contributed by atoms with Gasteiger partial charge in [0.1, 0.15) is 5.76 Å². The van der Waals surface area contributed by atoms with Crippen molar-refractivity contribution in [1.29, 1.82) is 0 Å². The first-order valence-corrected chi connectivity index (χ1v) is 7.18. The molecule has 0 aliphatic carbocycles. The van der Waals surface area contributed by atoms with Crippen LogP contribution in [0.3, 0.4) is 0 Å². The third kappa shape index (κ3) is 7.19. The standard InChI is InChI=1S/C16H28N2O/c1-5-6-7-8-18(4)12-16-9-15(13-19-16)11-17-10-14(2)3/h5,9,13-14,17H,1,6-8,10-12H2,2-4H3. The highest BCUT2D eigenvalue weighted by Crippen LogP contribution is 2.10. The Balaban J connectivity index is 2.27. The largest absolute Gasteiger partial charge is 0.468 e. The van der Waals surface area contributed by atoms with E-state index in [1.54, 1.807) is 0 Å². The fraction of sp³-hybridized carbons (Fsp3) is 0.625. The average Bonchev–Trinajstić information content (AvgIpc) is 2.76. The minimum Gasteiger partial charge on any atom is -0.468 e. The zero-order valence-corrected chi connectivity index (χ0v) is 12.6. The molecule has 0 aliphatic heterocycles. The van der Waals surface area contributed by atoms with Crippen molar-refractivity contribution in [3.8, 4) is 0 Å². The lowest BCUT2D eigenvalue weighted by atomic mass is 10.2. The summed E-state index contributed by atoms with van der Waals surface area (Å²) in [6.45, 7) is 12.1. The fourth-order valence-electron chi connectivity index (χ4n) is 1.96. The molecular formula is C16H28N2O. The molecule has 0 unspecified atom stereocenters. The SMILES string of the molecule is C=CCCCN(C)Cc1cc(CNCC(C)C)co1. The summed E-state index contributed by atoms with van der Waals surface area (Å²) in [6.07, 6.45) is 6.07. The first-order valence-electron chi connectivity index (χ1n) is 7.18. The Morgan fingerprint density at radius 3 is 2.95 bits per heavy atom. The Morgan fingerprint density at radius 2 is 2.26 bits per heavy atom. The predicted molar refractivity (Wildman–Crippen MR) is 81.0 cm³/mol. The number of allylic oxidation sites excluding steroid dienone is 1. The second-order valence-electron chi connectivity index (χ2n) is 5.61. The minimum atomic E-state index is 0.683. The molecule has 19 heavy (non-hydrogen) atoms. The van der Waals surface area contributed by atoms with Crippen molar-refractivity contribution in [1.82, 2.24) is 10.2 Å². The van der Waals surface area contributed by atoms with Gasteiger partial charge in [-0.25, -0.2) is 0 Å². The van der Waals surface area contributed by atoms with Crippen LogP contribution in [-0.2, 0) is 13.1 Å². The van der Waals surface area contributed by atoms with Crippen molar-refractivity contribution >= 4 is 0 Å². The summed E-state index contributed by atoms with van der Waals surface area (Å²) >= 11 is 0. The molecule has 0 aliphatic rings. The maximum Gasteiger partial charge on any atom is 0.118 e. The third-order valence-electron chi connectivity index (χ3n) is 2.96. The van der Waals surface area contributed by atoms with Gasteiger partial charge < -0.3 is 9.73 Å².